The monoisotopic (exact) mass is 258 g/mol. The molecule has 0 fully saturated rings. The number of hydrogen-bond acceptors (Lipinski definition) is 4. The van der Waals surface area contributed by atoms with Crippen LogP contribution in [0.15, 0.2) is 18.2 Å². The van der Waals surface area contributed by atoms with E-state index >= 15 is 0 Å². The van der Waals surface area contributed by atoms with E-state index in [0.29, 0.717) is 30.2 Å². The minimum atomic E-state index is -0.442. The smallest absolute Gasteiger partial charge is 0.294 e. The fraction of sp³-hybridized carbons (Fsp3) is 0.455. The van der Waals surface area contributed by atoms with Gasteiger partial charge in [-0.1, -0.05) is 11.6 Å². The maximum Gasteiger partial charge on any atom is 0.294 e. The van der Waals surface area contributed by atoms with Crippen molar-refractivity contribution >= 4 is 23.0 Å². The fourth-order valence-electron chi connectivity index (χ4n) is 1.62. The summed E-state index contributed by atoms with van der Waals surface area (Å²) in [5.74, 6) is 0. The lowest BCUT2D eigenvalue weighted by Crippen LogP contribution is -2.25. The largest absolute Gasteiger partial charge is 0.396 e. The summed E-state index contributed by atoms with van der Waals surface area (Å²) in [6.07, 6.45) is 0.577. The average Bonchev–Trinajstić information content (AvgIpc) is 2.31. The van der Waals surface area contributed by atoms with Gasteiger partial charge in [-0.25, -0.2) is 0 Å². The highest BCUT2D eigenvalue weighted by atomic mass is 35.5. The van der Waals surface area contributed by atoms with Gasteiger partial charge in [-0.3, -0.25) is 10.1 Å². The molecule has 17 heavy (non-hydrogen) atoms. The summed E-state index contributed by atoms with van der Waals surface area (Å²) in [7, 11) is 0. The Balaban J connectivity index is 3.05. The highest BCUT2D eigenvalue weighted by Gasteiger charge is 2.18. The maximum absolute atomic E-state index is 10.9. The SMILES string of the molecule is CCN(CCCO)c1ccc(Cl)cc1[N+](=O)[O-]. The number of nitro groups is 1. The van der Waals surface area contributed by atoms with Crippen molar-refractivity contribution in [1.29, 1.82) is 0 Å². The van der Waals surface area contributed by atoms with E-state index < -0.39 is 4.92 Å². The molecule has 0 heterocycles. The molecule has 1 aromatic rings. The molecular weight excluding hydrogens is 244 g/mol. The van der Waals surface area contributed by atoms with Crippen molar-refractivity contribution < 1.29 is 10.0 Å². The van der Waals surface area contributed by atoms with Crippen molar-refractivity contribution in [1.82, 2.24) is 0 Å². The van der Waals surface area contributed by atoms with E-state index in [2.05, 4.69) is 0 Å². The molecule has 0 aliphatic heterocycles. The molecule has 0 amide bonds. The van der Waals surface area contributed by atoms with Gasteiger partial charge in [-0.15, -0.1) is 0 Å². The third-order valence-electron chi connectivity index (χ3n) is 2.44. The van der Waals surface area contributed by atoms with Crippen LogP contribution in [-0.2, 0) is 0 Å². The number of aliphatic hydroxyl groups is 1. The van der Waals surface area contributed by atoms with Gasteiger partial charge in [0.15, 0.2) is 0 Å². The van der Waals surface area contributed by atoms with Gasteiger partial charge in [0.2, 0.25) is 0 Å². The zero-order valence-electron chi connectivity index (χ0n) is 9.60. The van der Waals surface area contributed by atoms with Crippen LogP contribution in [0.25, 0.3) is 0 Å². The molecule has 94 valence electrons. The van der Waals surface area contributed by atoms with Crippen molar-refractivity contribution in [2.45, 2.75) is 13.3 Å². The molecule has 0 aliphatic rings. The summed E-state index contributed by atoms with van der Waals surface area (Å²) in [5.41, 5.74) is 0.535. The molecule has 0 unspecified atom stereocenters. The van der Waals surface area contributed by atoms with Gasteiger partial charge in [-0.05, 0) is 25.5 Å². The first-order valence-electron chi connectivity index (χ1n) is 5.40. The molecule has 6 heteroatoms. The van der Waals surface area contributed by atoms with Crippen LogP contribution >= 0.6 is 11.6 Å². The summed E-state index contributed by atoms with van der Waals surface area (Å²) in [6.45, 7) is 3.20. The molecule has 0 saturated carbocycles. The molecule has 0 saturated heterocycles. The Morgan fingerprint density at radius 1 is 1.53 bits per heavy atom. The van der Waals surface area contributed by atoms with Crippen molar-refractivity contribution in [3.05, 3.63) is 33.3 Å². The number of anilines is 1. The number of hydrogen-bond donors (Lipinski definition) is 1. The molecule has 1 rings (SSSR count). The van der Waals surface area contributed by atoms with Crippen molar-refractivity contribution in [3.8, 4) is 0 Å². The van der Waals surface area contributed by atoms with E-state index in [0.717, 1.165) is 0 Å². The summed E-state index contributed by atoms with van der Waals surface area (Å²) in [4.78, 5) is 12.3. The first-order chi connectivity index (χ1) is 8.10. The first kappa shape index (κ1) is 13.7. The molecule has 1 N–H and O–H groups in total. The Labute approximate surface area is 105 Å². The zero-order valence-corrected chi connectivity index (χ0v) is 10.4. The molecule has 0 aromatic heterocycles. The van der Waals surface area contributed by atoms with Gasteiger partial charge in [-0.2, -0.15) is 0 Å². The maximum atomic E-state index is 10.9. The molecule has 5 nitrogen and oxygen atoms in total. The highest BCUT2D eigenvalue weighted by Crippen LogP contribution is 2.30. The van der Waals surface area contributed by atoms with Gasteiger partial charge in [0.25, 0.3) is 5.69 Å². The zero-order chi connectivity index (χ0) is 12.8. The number of halogens is 1. The number of aliphatic hydroxyl groups excluding tert-OH is 1. The summed E-state index contributed by atoms with van der Waals surface area (Å²) in [6, 6.07) is 4.62. The summed E-state index contributed by atoms with van der Waals surface area (Å²) in [5, 5.41) is 20.1. The van der Waals surface area contributed by atoms with E-state index in [4.69, 9.17) is 16.7 Å². The minimum absolute atomic E-state index is 0.00251. The van der Waals surface area contributed by atoms with Crippen LogP contribution in [0, 0.1) is 10.1 Å². The predicted molar refractivity (Wildman–Crippen MR) is 67.7 cm³/mol. The van der Waals surface area contributed by atoms with E-state index in [9.17, 15) is 10.1 Å². The Hall–Kier alpha value is -1.33. The second-order valence-electron chi connectivity index (χ2n) is 3.55. The number of nitro benzene ring substituents is 1. The second kappa shape index (κ2) is 6.42. The molecule has 0 aliphatic carbocycles. The number of benzene rings is 1. The standard InChI is InChI=1S/C11H15ClN2O3/c1-2-13(6-3-7-15)10-5-4-9(12)8-11(10)14(16)17/h4-5,8,15H,2-3,6-7H2,1H3. The Morgan fingerprint density at radius 2 is 2.24 bits per heavy atom. The molecule has 0 atom stereocenters. The summed E-state index contributed by atoms with van der Waals surface area (Å²) < 4.78 is 0. The van der Waals surface area contributed by atoms with E-state index in [1.165, 1.54) is 6.07 Å². The topological polar surface area (TPSA) is 66.6 Å². The Bertz CT molecular complexity index is 398. The third-order valence-corrected chi connectivity index (χ3v) is 2.68. The lowest BCUT2D eigenvalue weighted by atomic mass is 10.2. The molecular formula is C11H15ClN2O3. The fourth-order valence-corrected chi connectivity index (χ4v) is 1.79. The van der Waals surface area contributed by atoms with Crippen LogP contribution in [0.3, 0.4) is 0 Å². The molecule has 0 radical (unpaired) electrons. The van der Waals surface area contributed by atoms with Crippen LogP contribution < -0.4 is 4.90 Å². The average molecular weight is 259 g/mol. The number of rotatable bonds is 6. The normalized spacial score (nSPS) is 10.3. The molecule has 0 spiro atoms. The van der Waals surface area contributed by atoms with Gasteiger partial charge in [0.1, 0.15) is 5.69 Å². The molecule has 1 aromatic carbocycles. The quantitative estimate of drug-likeness (QED) is 0.629. The van der Waals surface area contributed by atoms with Gasteiger partial charge in [0.05, 0.1) is 4.92 Å². The highest BCUT2D eigenvalue weighted by molar-refractivity contribution is 6.30. The second-order valence-corrected chi connectivity index (χ2v) is 3.98. The minimum Gasteiger partial charge on any atom is -0.396 e. The van der Waals surface area contributed by atoms with Crippen molar-refractivity contribution in [3.63, 3.8) is 0 Å². The first-order valence-corrected chi connectivity index (χ1v) is 5.77. The molecule has 0 bridgehead atoms. The predicted octanol–water partition coefficient (Wildman–Crippen LogP) is 2.46. The van der Waals surface area contributed by atoms with Crippen LogP contribution in [0.1, 0.15) is 13.3 Å². The van der Waals surface area contributed by atoms with Crippen LogP contribution in [0.4, 0.5) is 11.4 Å². The third kappa shape index (κ3) is 3.57. The Morgan fingerprint density at radius 3 is 2.76 bits per heavy atom. The van der Waals surface area contributed by atoms with Crippen molar-refractivity contribution in [2.24, 2.45) is 0 Å². The number of nitrogens with zero attached hydrogens (tertiary/aromatic N) is 2. The van der Waals surface area contributed by atoms with E-state index in [1.54, 1.807) is 12.1 Å². The lowest BCUT2D eigenvalue weighted by molar-refractivity contribution is -0.384. The Kier molecular flexibility index (Phi) is 5.18. The van der Waals surface area contributed by atoms with E-state index in [1.807, 2.05) is 11.8 Å². The van der Waals surface area contributed by atoms with Crippen LogP contribution in [-0.4, -0.2) is 29.7 Å². The summed E-state index contributed by atoms with van der Waals surface area (Å²) >= 11 is 5.75. The van der Waals surface area contributed by atoms with E-state index in [-0.39, 0.29) is 12.3 Å². The lowest BCUT2D eigenvalue weighted by Gasteiger charge is -2.22. The van der Waals surface area contributed by atoms with Crippen LogP contribution in [0.5, 0.6) is 0 Å². The van der Waals surface area contributed by atoms with Crippen molar-refractivity contribution in [2.75, 3.05) is 24.6 Å². The van der Waals surface area contributed by atoms with Gasteiger partial charge >= 0.3 is 0 Å². The van der Waals surface area contributed by atoms with Crippen LogP contribution in [0.2, 0.25) is 5.02 Å². The van der Waals surface area contributed by atoms with Gasteiger partial charge < -0.3 is 10.0 Å². The van der Waals surface area contributed by atoms with Gasteiger partial charge in [0, 0.05) is 30.8 Å².